The van der Waals surface area contributed by atoms with Gasteiger partial charge in [0.2, 0.25) is 0 Å². The molecule has 29 heavy (non-hydrogen) atoms. The molecule has 2 fully saturated rings. The number of hydrogen-bond acceptors (Lipinski definition) is 7. The highest BCUT2D eigenvalue weighted by atomic mass is 35.5. The van der Waals surface area contributed by atoms with Crippen molar-refractivity contribution in [1.82, 2.24) is 30.4 Å². The Hall–Kier alpha value is -2.55. The molecular formula is C20H24ClN7O. The van der Waals surface area contributed by atoms with Crippen molar-refractivity contribution in [3.8, 4) is 0 Å². The number of anilines is 2. The fourth-order valence-electron chi connectivity index (χ4n) is 3.17. The van der Waals surface area contributed by atoms with Crippen molar-refractivity contribution < 1.29 is 4.79 Å². The van der Waals surface area contributed by atoms with Crippen LogP contribution in [0.3, 0.4) is 0 Å². The molecule has 3 heterocycles. The maximum atomic E-state index is 11.0. The Morgan fingerprint density at radius 1 is 1.21 bits per heavy atom. The maximum absolute atomic E-state index is 11.0. The smallest absolute Gasteiger partial charge is 0.195 e. The summed E-state index contributed by atoms with van der Waals surface area (Å²) < 4.78 is 0. The molecule has 0 bridgehead atoms. The van der Waals surface area contributed by atoms with Crippen molar-refractivity contribution in [1.29, 1.82) is 0 Å². The number of hydrogen-bond donors (Lipinski definition) is 3. The highest BCUT2D eigenvalue weighted by Gasteiger charge is 2.25. The van der Waals surface area contributed by atoms with E-state index in [1.165, 1.54) is 25.9 Å². The lowest BCUT2D eigenvalue weighted by Crippen LogP contribution is -2.40. The number of rotatable bonds is 4. The van der Waals surface area contributed by atoms with Crippen molar-refractivity contribution in [3.05, 3.63) is 40.8 Å². The molecule has 3 N–H and O–H groups in total. The summed E-state index contributed by atoms with van der Waals surface area (Å²) in [5.41, 5.74) is 1.77. The summed E-state index contributed by atoms with van der Waals surface area (Å²) in [6.07, 6.45) is 3.02. The number of likely N-dealkylation sites (N-methyl/N-ethyl adjacent to an activating group) is 1. The number of carbonyl (C=O) groups is 1. The molecule has 0 radical (unpaired) electrons. The highest BCUT2D eigenvalue weighted by Crippen LogP contribution is 2.39. The molecule has 0 atom stereocenters. The summed E-state index contributed by atoms with van der Waals surface area (Å²) in [5.74, 6) is 1.89. The van der Waals surface area contributed by atoms with Gasteiger partial charge in [-0.2, -0.15) is 5.10 Å². The standard InChI is InChI=1S/C15H12ClN5O.C5H12N2/c16-9-3-4-11-10(5-9)15(19-14(7-22)17-11)18-13-6-12(20-21-13)8-1-2-8;1-7-4-2-6-3-5-7/h3-8H,1-2H2,(H2,17,18,19,20,21);6H,2-5H2,1H3. The Bertz CT molecular complexity index is 996. The van der Waals surface area contributed by atoms with Crippen LogP contribution in [0.15, 0.2) is 24.3 Å². The second-order valence-electron chi connectivity index (χ2n) is 7.37. The van der Waals surface area contributed by atoms with Crippen LogP contribution in [0.1, 0.15) is 35.1 Å². The highest BCUT2D eigenvalue weighted by molar-refractivity contribution is 6.31. The number of fused-ring (bicyclic) bond motifs is 1. The third-order valence-electron chi connectivity index (χ3n) is 4.98. The second kappa shape index (κ2) is 8.86. The van der Waals surface area contributed by atoms with Crippen molar-refractivity contribution >= 4 is 40.4 Å². The van der Waals surface area contributed by atoms with E-state index in [2.05, 4.69) is 42.7 Å². The number of nitrogens with zero attached hydrogens (tertiary/aromatic N) is 4. The Kier molecular flexibility index (Phi) is 6.03. The number of halogens is 1. The molecule has 0 amide bonds. The average Bonchev–Trinajstić information content (AvgIpc) is 3.48. The molecule has 9 heteroatoms. The lowest BCUT2D eigenvalue weighted by molar-refractivity contribution is 0.111. The first-order valence-electron chi connectivity index (χ1n) is 9.76. The minimum atomic E-state index is 0.121. The lowest BCUT2D eigenvalue weighted by Gasteiger charge is -2.21. The largest absolute Gasteiger partial charge is 0.323 e. The number of nitrogens with one attached hydrogen (secondary N) is 3. The predicted octanol–water partition coefficient (Wildman–Crippen LogP) is 2.96. The van der Waals surface area contributed by atoms with Crippen LogP contribution in [-0.4, -0.2) is 64.6 Å². The van der Waals surface area contributed by atoms with Crippen molar-refractivity contribution in [2.75, 3.05) is 38.5 Å². The van der Waals surface area contributed by atoms with Crippen LogP contribution in [0.25, 0.3) is 10.9 Å². The average molecular weight is 414 g/mol. The molecule has 0 spiro atoms. The second-order valence-corrected chi connectivity index (χ2v) is 7.81. The first-order valence-corrected chi connectivity index (χ1v) is 10.1. The van der Waals surface area contributed by atoms with E-state index in [-0.39, 0.29) is 5.82 Å². The Labute approximate surface area is 174 Å². The molecule has 1 saturated carbocycles. The van der Waals surface area contributed by atoms with Crippen LogP contribution in [0.2, 0.25) is 5.02 Å². The summed E-state index contributed by atoms with van der Waals surface area (Å²) in [6.45, 7) is 4.74. The fourth-order valence-corrected chi connectivity index (χ4v) is 3.34. The monoisotopic (exact) mass is 413 g/mol. The summed E-state index contributed by atoms with van der Waals surface area (Å²) >= 11 is 6.05. The number of aldehydes is 1. The van der Waals surface area contributed by atoms with Gasteiger partial charge in [0, 0.05) is 54.3 Å². The maximum Gasteiger partial charge on any atom is 0.195 e. The molecule has 2 aliphatic rings. The molecule has 5 rings (SSSR count). The molecule has 0 unspecified atom stereocenters. The molecule has 8 nitrogen and oxygen atoms in total. The van der Waals surface area contributed by atoms with Gasteiger partial charge >= 0.3 is 0 Å². The van der Waals surface area contributed by atoms with Gasteiger partial charge in [-0.15, -0.1) is 0 Å². The molecule has 1 aliphatic heterocycles. The van der Waals surface area contributed by atoms with Gasteiger partial charge in [0.05, 0.1) is 5.52 Å². The van der Waals surface area contributed by atoms with E-state index in [9.17, 15) is 4.79 Å². The van der Waals surface area contributed by atoms with Crippen molar-refractivity contribution in [3.63, 3.8) is 0 Å². The molecule has 1 saturated heterocycles. The van der Waals surface area contributed by atoms with Gasteiger partial charge in [0.1, 0.15) is 5.82 Å². The first-order chi connectivity index (χ1) is 14.1. The zero-order chi connectivity index (χ0) is 20.2. The molecule has 3 aromatic rings. The van der Waals surface area contributed by atoms with Gasteiger partial charge in [-0.3, -0.25) is 9.89 Å². The first kappa shape index (κ1) is 19.8. The SMILES string of the molecule is CN1CCNCC1.O=Cc1nc(Nc2cc(C3CC3)[nH]n2)c2cc(Cl)ccc2n1. The van der Waals surface area contributed by atoms with Crippen LogP contribution in [0, 0.1) is 0 Å². The van der Waals surface area contributed by atoms with E-state index in [1.807, 2.05) is 6.07 Å². The Morgan fingerprint density at radius 2 is 2.00 bits per heavy atom. The third kappa shape index (κ3) is 5.09. The quantitative estimate of drug-likeness (QED) is 0.565. The minimum Gasteiger partial charge on any atom is -0.323 e. The van der Waals surface area contributed by atoms with E-state index in [0.717, 1.165) is 24.2 Å². The van der Waals surface area contributed by atoms with E-state index >= 15 is 0 Å². The number of H-pyrrole nitrogens is 1. The van der Waals surface area contributed by atoms with Gasteiger partial charge in [-0.05, 0) is 38.1 Å². The number of aromatic nitrogens is 4. The van der Waals surface area contributed by atoms with E-state index < -0.39 is 0 Å². The normalized spacial score (nSPS) is 16.9. The number of aromatic amines is 1. The van der Waals surface area contributed by atoms with Gasteiger partial charge in [-0.1, -0.05) is 11.6 Å². The number of benzene rings is 1. The minimum absolute atomic E-state index is 0.121. The topological polar surface area (TPSA) is 98.8 Å². The van der Waals surface area contributed by atoms with Crippen molar-refractivity contribution in [2.24, 2.45) is 0 Å². The Morgan fingerprint density at radius 3 is 2.66 bits per heavy atom. The summed E-state index contributed by atoms with van der Waals surface area (Å²) in [5, 5.41) is 15.0. The number of carbonyl (C=O) groups excluding carboxylic acids is 1. The van der Waals surface area contributed by atoms with Crippen LogP contribution in [0.5, 0.6) is 0 Å². The zero-order valence-electron chi connectivity index (χ0n) is 16.3. The van der Waals surface area contributed by atoms with E-state index in [4.69, 9.17) is 11.6 Å². The number of piperazine rings is 1. The summed E-state index contributed by atoms with van der Waals surface area (Å²) in [6, 6.07) is 7.23. The van der Waals surface area contributed by atoms with Crippen LogP contribution >= 0.6 is 11.6 Å². The molecule has 1 aromatic carbocycles. The van der Waals surface area contributed by atoms with Gasteiger partial charge in [0.25, 0.3) is 0 Å². The fraction of sp³-hybridized carbons (Fsp3) is 0.400. The van der Waals surface area contributed by atoms with Crippen LogP contribution in [-0.2, 0) is 0 Å². The molecule has 2 aromatic heterocycles. The van der Waals surface area contributed by atoms with Crippen LogP contribution in [0.4, 0.5) is 11.6 Å². The van der Waals surface area contributed by atoms with Gasteiger partial charge < -0.3 is 15.5 Å². The Balaban J connectivity index is 0.000000249. The summed E-state index contributed by atoms with van der Waals surface area (Å²) in [4.78, 5) is 21.7. The van der Waals surface area contributed by atoms with Crippen molar-refractivity contribution in [2.45, 2.75) is 18.8 Å². The van der Waals surface area contributed by atoms with E-state index in [0.29, 0.717) is 34.4 Å². The zero-order valence-corrected chi connectivity index (χ0v) is 17.0. The lowest BCUT2D eigenvalue weighted by atomic mass is 10.2. The van der Waals surface area contributed by atoms with E-state index in [1.54, 1.807) is 18.2 Å². The van der Waals surface area contributed by atoms with Crippen LogP contribution < -0.4 is 10.6 Å². The predicted molar refractivity (Wildman–Crippen MR) is 114 cm³/mol. The van der Waals surface area contributed by atoms with Gasteiger partial charge in [0.15, 0.2) is 17.9 Å². The van der Waals surface area contributed by atoms with Gasteiger partial charge in [-0.25, -0.2) is 9.97 Å². The molecule has 152 valence electrons. The third-order valence-corrected chi connectivity index (χ3v) is 5.22. The molecular weight excluding hydrogens is 390 g/mol. The summed E-state index contributed by atoms with van der Waals surface area (Å²) in [7, 11) is 2.15. The molecule has 1 aliphatic carbocycles.